The molecule has 1 saturated heterocycles. The summed E-state index contributed by atoms with van der Waals surface area (Å²) in [6.07, 6.45) is 4.91. The molecule has 0 aliphatic carbocycles. The molecular weight excluding hydrogens is 402 g/mol. The van der Waals surface area contributed by atoms with Gasteiger partial charge in [-0.05, 0) is 23.6 Å². The third kappa shape index (κ3) is 4.04. The summed E-state index contributed by atoms with van der Waals surface area (Å²) in [4.78, 5) is 24.7. The predicted molar refractivity (Wildman–Crippen MR) is 125 cm³/mol. The number of hydrogen-bond donors (Lipinski definition) is 1. The summed E-state index contributed by atoms with van der Waals surface area (Å²) in [6.45, 7) is 5.36. The fourth-order valence-electron chi connectivity index (χ4n) is 4.22. The number of nitrogens with one attached hydrogen (secondary N) is 1. The van der Waals surface area contributed by atoms with Gasteiger partial charge in [-0.1, -0.05) is 26.0 Å². The van der Waals surface area contributed by atoms with Gasteiger partial charge in [0.05, 0.1) is 30.2 Å². The molecule has 0 saturated carbocycles. The zero-order chi connectivity index (χ0) is 22.8. The number of pyridine rings is 1. The van der Waals surface area contributed by atoms with Crippen molar-refractivity contribution in [3.63, 3.8) is 0 Å². The molecular formula is C24H29N7O. The van der Waals surface area contributed by atoms with E-state index in [4.69, 9.17) is 0 Å². The minimum absolute atomic E-state index is 0.0572. The molecule has 1 aromatic carbocycles. The van der Waals surface area contributed by atoms with Gasteiger partial charge in [-0.25, -0.2) is 9.97 Å². The number of amides is 1. The summed E-state index contributed by atoms with van der Waals surface area (Å²) in [5.41, 5.74) is 5.11. The number of benzene rings is 1. The van der Waals surface area contributed by atoms with Crippen LogP contribution >= 0.6 is 0 Å². The number of carbonyl (C=O) groups is 1. The van der Waals surface area contributed by atoms with Crippen molar-refractivity contribution < 1.29 is 4.79 Å². The van der Waals surface area contributed by atoms with Crippen LogP contribution in [0, 0.1) is 11.3 Å². The fourth-order valence-corrected chi connectivity index (χ4v) is 4.22. The summed E-state index contributed by atoms with van der Waals surface area (Å²) in [5, 5.41) is 12.8. The number of nitriles is 1. The Morgan fingerprint density at radius 3 is 2.78 bits per heavy atom. The van der Waals surface area contributed by atoms with Crippen LogP contribution in [0.2, 0.25) is 0 Å². The smallest absolute Gasteiger partial charge is 0.220 e. The molecule has 166 valence electrons. The summed E-state index contributed by atoms with van der Waals surface area (Å²) in [6, 6.07) is 10.5. The SMILES string of the molecule is CCC(=O)NC1CN(C(C#N)c2ccc(N(C)c3cc4c(cn3)ncn4C)c(CC)c2)C1. The molecule has 2 aromatic heterocycles. The Hall–Kier alpha value is -3.44. The first-order chi connectivity index (χ1) is 15.4. The van der Waals surface area contributed by atoms with Crippen LogP contribution in [0.15, 0.2) is 36.8 Å². The second kappa shape index (κ2) is 8.97. The van der Waals surface area contributed by atoms with Crippen molar-refractivity contribution in [3.8, 4) is 6.07 Å². The maximum absolute atomic E-state index is 11.6. The van der Waals surface area contributed by atoms with Gasteiger partial charge in [0.2, 0.25) is 5.91 Å². The van der Waals surface area contributed by atoms with Crippen LogP contribution in [0.25, 0.3) is 11.0 Å². The van der Waals surface area contributed by atoms with Gasteiger partial charge in [0, 0.05) is 45.4 Å². The average molecular weight is 432 g/mol. The first-order valence-electron chi connectivity index (χ1n) is 11.0. The maximum Gasteiger partial charge on any atom is 0.220 e. The lowest BCUT2D eigenvalue weighted by Gasteiger charge is -2.42. The predicted octanol–water partition coefficient (Wildman–Crippen LogP) is 3.07. The average Bonchev–Trinajstić information content (AvgIpc) is 3.16. The van der Waals surface area contributed by atoms with E-state index in [1.54, 1.807) is 12.5 Å². The number of aromatic nitrogens is 3. The molecule has 1 N–H and O–H groups in total. The summed E-state index contributed by atoms with van der Waals surface area (Å²) in [7, 11) is 3.98. The molecule has 0 bridgehead atoms. The molecule has 1 aliphatic rings. The van der Waals surface area contributed by atoms with E-state index in [9.17, 15) is 10.1 Å². The summed E-state index contributed by atoms with van der Waals surface area (Å²) < 4.78 is 1.99. The van der Waals surface area contributed by atoms with Crippen molar-refractivity contribution in [2.75, 3.05) is 25.0 Å². The van der Waals surface area contributed by atoms with Crippen LogP contribution in [0.3, 0.4) is 0 Å². The van der Waals surface area contributed by atoms with Crippen molar-refractivity contribution in [1.29, 1.82) is 5.26 Å². The molecule has 8 heteroatoms. The van der Waals surface area contributed by atoms with Crippen LogP contribution in [0.1, 0.15) is 37.4 Å². The molecule has 1 unspecified atom stereocenters. The monoisotopic (exact) mass is 431 g/mol. The quantitative estimate of drug-likeness (QED) is 0.618. The van der Waals surface area contributed by atoms with Crippen LogP contribution < -0.4 is 10.2 Å². The van der Waals surface area contributed by atoms with Crippen molar-refractivity contribution in [3.05, 3.63) is 47.9 Å². The van der Waals surface area contributed by atoms with Gasteiger partial charge in [-0.2, -0.15) is 5.26 Å². The van der Waals surface area contributed by atoms with Crippen LogP contribution in [-0.4, -0.2) is 51.5 Å². The van der Waals surface area contributed by atoms with Gasteiger partial charge in [-0.3, -0.25) is 9.69 Å². The van der Waals surface area contributed by atoms with Crippen molar-refractivity contribution in [1.82, 2.24) is 24.8 Å². The second-order valence-electron chi connectivity index (χ2n) is 8.29. The minimum atomic E-state index is -0.321. The van der Waals surface area contributed by atoms with Crippen molar-refractivity contribution in [2.24, 2.45) is 7.05 Å². The lowest BCUT2D eigenvalue weighted by Crippen LogP contribution is -2.59. The first kappa shape index (κ1) is 21.8. The Bertz CT molecular complexity index is 1170. The number of aryl methyl sites for hydroxylation is 2. The lowest BCUT2D eigenvalue weighted by molar-refractivity contribution is -0.122. The molecule has 1 amide bonds. The molecule has 4 rings (SSSR count). The molecule has 32 heavy (non-hydrogen) atoms. The van der Waals surface area contributed by atoms with Gasteiger partial charge in [0.1, 0.15) is 17.4 Å². The molecule has 0 spiro atoms. The number of nitrogens with zero attached hydrogens (tertiary/aromatic N) is 6. The van der Waals surface area contributed by atoms with Gasteiger partial charge in [0.15, 0.2) is 0 Å². The van der Waals surface area contributed by atoms with E-state index in [1.807, 2.05) is 37.7 Å². The van der Waals surface area contributed by atoms with E-state index in [0.717, 1.165) is 40.1 Å². The van der Waals surface area contributed by atoms with Gasteiger partial charge in [0.25, 0.3) is 0 Å². The summed E-state index contributed by atoms with van der Waals surface area (Å²) in [5.74, 6) is 0.902. The number of likely N-dealkylation sites (tertiary alicyclic amines) is 1. The van der Waals surface area contributed by atoms with E-state index >= 15 is 0 Å². The zero-order valence-corrected chi connectivity index (χ0v) is 19.0. The fraction of sp³-hybridized carbons (Fsp3) is 0.417. The number of carbonyl (C=O) groups excluding carboxylic acids is 1. The van der Waals surface area contributed by atoms with Gasteiger partial charge in [-0.15, -0.1) is 0 Å². The van der Waals surface area contributed by atoms with E-state index in [2.05, 4.69) is 50.2 Å². The number of fused-ring (bicyclic) bond motifs is 1. The molecule has 1 atom stereocenters. The number of hydrogen-bond acceptors (Lipinski definition) is 6. The van der Waals surface area contributed by atoms with Crippen LogP contribution in [0.5, 0.6) is 0 Å². The minimum Gasteiger partial charge on any atom is -0.351 e. The highest BCUT2D eigenvalue weighted by Gasteiger charge is 2.34. The van der Waals surface area contributed by atoms with Crippen LogP contribution in [0.4, 0.5) is 11.5 Å². The molecule has 8 nitrogen and oxygen atoms in total. The van der Waals surface area contributed by atoms with Gasteiger partial charge >= 0.3 is 0 Å². The highest BCUT2D eigenvalue weighted by Crippen LogP contribution is 2.32. The van der Waals surface area contributed by atoms with E-state index in [1.165, 1.54) is 0 Å². The number of anilines is 2. The Balaban J connectivity index is 1.55. The Morgan fingerprint density at radius 1 is 1.31 bits per heavy atom. The molecule has 3 heterocycles. The normalized spacial score (nSPS) is 15.2. The lowest BCUT2D eigenvalue weighted by atomic mass is 9.96. The Kier molecular flexibility index (Phi) is 6.10. The molecule has 0 radical (unpaired) electrons. The van der Waals surface area contributed by atoms with E-state index in [0.29, 0.717) is 19.5 Å². The zero-order valence-electron chi connectivity index (χ0n) is 19.0. The third-order valence-electron chi connectivity index (χ3n) is 6.19. The van der Waals surface area contributed by atoms with Crippen LogP contribution in [-0.2, 0) is 18.3 Å². The van der Waals surface area contributed by atoms with Crippen molar-refractivity contribution in [2.45, 2.75) is 38.8 Å². The standard InChI is InChI=1S/C24H29N7O/c1-5-16-9-17(22(11-25)31-13-18(14-31)28-24(32)6-2)7-8-20(16)30(4)23-10-21-19(12-26-23)27-15-29(21)3/h7-10,12,15,18,22H,5-6,13-14H2,1-4H3,(H,28,32). The molecule has 3 aromatic rings. The third-order valence-corrected chi connectivity index (χ3v) is 6.19. The Labute approximate surface area is 188 Å². The topological polar surface area (TPSA) is 90.1 Å². The second-order valence-corrected chi connectivity index (χ2v) is 8.29. The van der Waals surface area contributed by atoms with E-state index in [-0.39, 0.29) is 18.0 Å². The maximum atomic E-state index is 11.6. The molecule has 1 aliphatic heterocycles. The van der Waals surface area contributed by atoms with Crippen molar-refractivity contribution >= 4 is 28.4 Å². The highest BCUT2D eigenvalue weighted by molar-refractivity contribution is 5.79. The highest BCUT2D eigenvalue weighted by atomic mass is 16.1. The number of imidazole rings is 1. The Morgan fingerprint density at radius 2 is 2.09 bits per heavy atom. The summed E-state index contributed by atoms with van der Waals surface area (Å²) >= 11 is 0. The number of rotatable bonds is 7. The largest absolute Gasteiger partial charge is 0.351 e. The first-order valence-corrected chi connectivity index (χ1v) is 11.0. The molecule has 1 fully saturated rings. The van der Waals surface area contributed by atoms with Gasteiger partial charge < -0.3 is 14.8 Å². The van der Waals surface area contributed by atoms with E-state index < -0.39 is 0 Å².